The largest absolute Gasteiger partial charge is 0.423 e. The van der Waals surface area contributed by atoms with Crippen molar-refractivity contribution in [2.75, 3.05) is 5.75 Å². The number of hydrogen-bond acceptors (Lipinski definition) is 3. The van der Waals surface area contributed by atoms with Crippen molar-refractivity contribution >= 4 is 17.6 Å². The molecule has 0 saturated carbocycles. The Hall–Kier alpha value is -1.91. The monoisotopic (exact) mass is 432 g/mol. The van der Waals surface area contributed by atoms with Gasteiger partial charge in [0.05, 0.1) is 6.07 Å². The minimum atomic E-state index is -5.44. The first kappa shape index (κ1) is 21.8. The zero-order valence-electron chi connectivity index (χ0n) is 16.1. The molecule has 1 aromatic rings. The summed E-state index contributed by atoms with van der Waals surface area (Å²) in [6, 6.07) is 8.07. The number of hydrogen-bond donors (Lipinski definition) is 0. The molecule has 0 fully saturated rings. The fourth-order valence-corrected chi connectivity index (χ4v) is 6.44. The second-order valence-electron chi connectivity index (χ2n) is 8.34. The first-order valence-corrected chi connectivity index (χ1v) is 9.71. The summed E-state index contributed by atoms with van der Waals surface area (Å²) in [6.07, 6.45) is -10.8. The number of fused-ring (bicyclic) bond motifs is 1. The molecule has 1 aromatic carbocycles. The number of allylic oxidation sites excluding steroid dienone is 1. The van der Waals surface area contributed by atoms with E-state index < -0.39 is 44.8 Å². The lowest BCUT2D eigenvalue weighted by Crippen LogP contribution is -2.51. The van der Waals surface area contributed by atoms with E-state index in [1.807, 2.05) is 12.1 Å². The van der Waals surface area contributed by atoms with Crippen LogP contribution >= 0.6 is 11.8 Å². The molecule has 1 spiro atoms. The summed E-state index contributed by atoms with van der Waals surface area (Å²) < 4.78 is 82.4. The van der Waals surface area contributed by atoms with Gasteiger partial charge in [-0.25, -0.2) is 4.99 Å². The molecule has 156 valence electrons. The SMILES string of the molecule is CC1(C)c2ccccc2C(C)(C)C12N=C=C(C(F)(F)F)[C@](C#N)(C(F)(F)F)CS2. The Morgan fingerprint density at radius 3 is 1.86 bits per heavy atom. The Labute approximate surface area is 168 Å². The fraction of sp³-hybridized carbons (Fsp3) is 0.550. The lowest BCUT2D eigenvalue weighted by Gasteiger charge is -2.45. The van der Waals surface area contributed by atoms with E-state index >= 15 is 0 Å². The Kier molecular flexibility index (Phi) is 4.55. The molecular weight excluding hydrogens is 414 g/mol. The molecule has 0 amide bonds. The van der Waals surface area contributed by atoms with Gasteiger partial charge in [0.25, 0.3) is 0 Å². The molecule has 0 radical (unpaired) electrons. The minimum absolute atomic E-state index is 0.650. The summed E-state index contributed by atoms with van der Waals surface area (Å²) in [4.78, 5) is 2.67. The van der Waals surface area contributed by atoms with E-state index in [4.69, 9.17) is 0 Å². The van der Waals surface area contributed by atoms with Gasteiger partial charge in [-0.1, -0.05) is 52.0 Å². The summed E-state index contributed by atoms with van der Waals surface area (Å²) in [6.45, 7) is 7.00. The zero-order chi connectivity index (χ0) is 22.1. The van der Waals surface area contributed by atoms with E-state index in [0.29, 0.717) is 11.8 Å². The van der Waals surface area contributed by atoms with Crippen molar-refractivity contribution in [1.29, 1.82) is 5.26 Å². The summed E-state index contributed by atoms with van der Waals surface area (Å²) in [5.41, 5.74) is -6.05. The number of nitriles is 1. The zero-order valence-corrected chi connectivity index (χ0v) is 16.9. The van der Waals surface area contributed by atoms with Crippen LogP contribution in [0.15, 0.2) is 34.8 Å². The summed E-state index contributed by atoms with van der Waals surface area (Å²) in [5.74, 6) is 0.576. The first-order chi connectivity index (χ1) is 13.1. The van der Waals surface area contributed by atoms with Gasteiger partial charge in [-0.3, -0.25) is 0 Å². The third-order valence-corrected chi connectivity index (χ3v) is 8.28. The van der Waals surface area contributed by atoms with Crippen LogP contribution in [0.25, 0.3) is 0 Å². The molecule has 2 nitrogen and oxygen atoms in total. The molecule has 3 rings (SSSR count). The second kappa shape index (κ2) is 6.05. The van der Waals surface area contributed by atoms with Crippen molar-refractivity contribution in [3.63, 3.8) is 0 Å². The van der Waals surface area contributed by atoms with Crippen molar-refractivity contribution in [2.45, 2.75) is 55.7 Å². The highest BCUT2D eigenvalue weighted by atomic mass is 32.2. The highest BCUT2D eigenvalue weighted by molar-refractivity contribution is 8.00. The lowest BCUT2D eigenvalue weighted by molar-refractivity contribution is -0.202. The minimum Gasteiger partial charge on any atom is -0.223 e. The van der Waals surface area contributed by atoms with E-state index in [2.05, 4.69) is 4.99 Å². The van der Waals surface area contributed by atoms with Gasteiger partial charge in [-0.2, -0.15) is 31.6 Å². The molecular formula is C20H18F6N2S. The predicted molar refractivity (Wildman–Crippen MR) is 98.8 cm³/mol. The van der Waals surface area contributed by atoms with Crippen molar-refractivity contribution in [2.24, 2.45) is 10.4 Å². The number of halogens is 6. The van der Waals surface area contributed by atoms with Gasteiger partial charge in [-0.05, 0) is 17.0 Å². The molecule has 1 aliphatic carbocycles. The van der Waals surface area contributed by atoms with Gasteiger partial charge >= 0.3 is 12.4 Å². The molecule has 0 aromatic heterocycles. The Morgan fingerprint density at radius 2 is 1.48 bits per heavy atom. The highest BCUT2D eigenvalue weighted by Crippen LogP contribution is 2.65. The number of thioether (sulfide) groups is 1. The van der Waals surface area contributed by atoms with Gasteiger partial charge < -0.3 is 0 Å². The van der Waals surface area contributed by atoms with Crippen LogP contribution in [0.5, 0.6) is 0 Å². The quantitative estimate of drug-likeness (QED) is 0.477. The van der Waals surface area contributed by atoms with Crippen LogP contribution in [0, 0.1) is 16.7 Å². The average Bonchev–Trinajstić information content (AvgIpc) is 2.75. The van der Waals surface area contributed by atoms with E-state index in [0.717, 1.165) is 17.2 Å². The molecule has 1 heterocycles. The van der Waals surface area contributed by atoms with Crippen LogP contribution < -0.4 is 0 Å². The van der Waals surface area contributed by atoms with Crippen LogP contribution in [0.3, 0.4) is 0 Å². The van der Waals surface area contributed by atoms with E-state index in [9.17, 15) is 31.6 Å². The van der Waals surface area contributed by atoms with E-state index in [-0.39, 0.29) is 0 Å². The maximum atomic E-state index is 13.8. The van der Waals surface area contributed by atoms with Crippen molar-refractivity contribution < 1.29 is 26.3 Å². The Bertz CT molecular complexity index is 925. The summed E-state index contributed by atoms with van der Waals surface area (Å²) in [5, 5.41) is 9.32. The maximum Gasteiger partial charge on any atom is 0.423 e. The van der Waals surface area contributed by atoms with Crippen molar-refractivity contribution in [3.8, 4) is 6.07 Å². The number of benzene rings is 1. The smallest absolute Gasteiger partial charge is 0.223 e. The summed E-state index contributed by atoms with van der Waals surface area (Å²) in [7, 11) is 0. The standard InChI is InChI=1S/C20H18F6N2S/c1-15(2)12-7-5-6-8-13(12)16(3,4)19(15)28-9-14(18(21,22)23)17(10-27,11-29-19)20(24,25)26/h5-8H,11H2,1-4H3/t17-/m1/s1. The van der Waals surface area contributed by atoms with Crippen LogP contribution in [-0.2, 0) is 10.8 Å². The third kappa shape index (κ3) is 2.62. The molecule has 0 bridgehead atoms. The normalized spacial score (nSPS) is 27.1. The van der Waals surface area contributed by atoms with Crippen LogP contribution in [0.2, 0.25) is 0 Å². The van der Waals surface area contributed by atoms with Gasteiger partial charge in [-0.15, -0.1) is 11.8 Å². The number of rotatable bonds is 0. The fourth-order valence-electron chi connectivity index (χ4n) is 4.59. The van der Waals surface area contributed by atoms with E-state index in [1.165, 1.54) is 0 Å². The molecule has 29 heavy (non-hydrogen) atoms. The summed E-state index contributed by atoms with van der Waals surface area (Å²) >= 11 is 0.650. The number of nitrogens with zero attached hydrogens (tertiary/aromatic N) is 2. The molecule has 0 N–H and O–H groups in total. The molecule has 2 aliphatic rings. The lowest BCUT2D eigenvalue weighted by atomic mass is 9.75. The topological polar surface area (TPSA) is 36.1 Å². The van der Waals surface area contributed by atoms with Gasteiger partial charge in [0.1, 0.15) is 10.4 Å². The van der Waals surface area contributed by atoms with E-state index in [1.54, 1.807) is 45.7 Å². The number of aliphatic imine (C=N–C) groups is 1. The van der Waals surface area contributed by atoms with Crippen LogP contribution in [-0.4, -0.2) is 28.8 Å². The molecule has 0 unspecified atom stereocenters. The Balaban J connectivity index is 2.35. The van der Waals surface area contributed by atoms with Crippen LogP contribution in [0.1, 0.15) is 38.8 Å². The maximum absolute atomic E-state index is 13.8. The molecule has 0 saturated heterocycles. The third-order valence-electron chi connectivity index (χ3n) is 6.18. The second-order valence-corrected chi connectivity index (χ2v) is 9.51. The number of alkyl halides is 6. The van der Waals surface area contributed by atoms with Gasteiger partial charge in [0.15, 0.2) is 5.41 Å². The Morgan fingerprint density at radius 1 is 1.00 bits per heavy atom. The van der Waals surface area contributed by atoms with Crippen LogP contribution in [0.4, 0.5) is 26.3 Å². The molecule has 1 atom stereocenters. The average molecular weight is 432 g/mol. The molecule has 1 aliphatic heterocycles. The highest BCUT2D eigenvalue weighted by Gasteiger charge is 2.70. The van der Waals surface area contributed by atoms with Crippen molar-refractivity contribution in [3.05, 3.63) is 41.0 Å². The molecule has 9 heteroatoms. The van der Waals surface area contributed by atoms with Crippen molar-refractivity contribution in [1.82, 2.24) is 0 Å². The van der Waals surface area contributed by atoms with Gasteiger partial charge in [0, 0.05) is 16.6 Å². The first-order valence-electron chi connectivity index (χ1n) is 8.73. The predicted octanol–water partition coefficient (Wildman–Crippen LogP) is 5.93. The van der Waals surface area contributed by atoms with Gasteiger partial charge in [0.2, 0.25) is 0 Å².